The van der Waals surface area contributed by atoms with Gasteiger partial charge in [-0.1, -0.05) is 24.3 Å². The van der Waals surface area contributed by atoms with Gasteiger partial charge in [-0.3, -0.25) is 4.79 Å². The first-order chi connectivity index (χ1) is 7.84. The fourth-order valence-corrected chi connectivity index (χ4v) is 2.63. The highest BCUT2D eigenvalue weighted by atomic mass is 16.2. The summed E-state index contributed by atoms with van der Waals surface area (Å²) in [6.07, 6.45) is 3.90. The molecule has 1 unspecified atom stereocenters. The number of hydrazone groups is 1. The fourth-order valence-electron chi connectivity index (χ4n) is 2.63. The van der Waals surface area contributed by atoms with Gasteiger partial charge in [0.05, 0.1) is 5.71 Å². The molecular formula is C13H14N2O. The second-order valence-corrected chi connectivity index (χ2v) is 4.48. The Hall–Kier alpha value is -1.64. The molecule has 0 saturated carbocycles. The molecule has 1 N–H and O–H groups in total. The van der Waals surface area contributed by atoms with E-state index in [0.29, 0.717) is 12.3 Å². The minimum atomic E-state index is 0.0492. The van der Waals surface area contributed by atoms with Crippen LogP contribution in [0.1, 0.15) is 30.4 Å². The average molecular weight is 214 g/mol. The van der Waals surface area contributed by atoms with E-state index in [2.05, 4.69) is 28.7 Å². The van der Waals surface area contributed by atoms with E-state index in [-0.39, 0.29) is 5.91 Å². The summed E-state index contributed by atoms with van der Waals surface area (Å²) < 4.78 is 0. The van der Waals surface area contributed by atoms with Gasteiger partial charge in [0, 0.05) is 17.9 Å². The van der Waals surface area contributed by atoms with E-state index in [1.165, 1.54) is 11.1 Å². The lowest BCUT2D eigenvalue weighted by molar-refractivity contribution is -0.122. The summed E-state index contributed by atoms with van der Waals surface area (Å²) in [4.78, 5) is 11.3. The molecule has 82 valence electrons. The van der Waals surface area contributed by atoms with Crippen molar-refractivity contribution in [3.05, 3.63) is 35.4 Å². The number of benzene rings is 1. The third-order valence-corrected chi connectivity index (χ3v) is 3.41. The summed E-state index contributed by atoms with van der Waals surface area (Å²) in [6.45, 7) is 0. The summed E-state index contributed by atoms with van der Waals surface area (Å²) in [6, 6.07) is 8.39. The van der Waals surface area contributed by atoms with Crippen molar-refractivity contribution < 1.29 is 4.79 Å². The van der Waals surface area contributed by atoms with E-state index in [0.717, 1.165) is 25.0 Å². The topological polar surface area (TPSA) is 41.5 Å². The second kappa shape index (κ2) is 3.74. The third-order valence-electron chi connectivity index (χ3n) is 3.41. The van der Waals surface area contributed by atoms with Crippen LogP contribution >= 0.6 is 0 Å². The maximum Gasteiger partial charge on any atom is 0.240 e. The molecule has 1 atom stereocenters. The number of amides is 1. The van der Waals surface area contributed by atoms with Gasteiger partial charge in [0.1, 0.15) is 0 Å². The predicted octanol–water partition coefficient (Wildman–Crippen LogP) is 1.86. The van der Waals surface area contributed by atoms with Crippen LogP contribution in [0.25, 0.3) is 0 Å². The molecule has 0 aromatic heterocycles. The van der Waals surface area contributed by atoms with E-state index in [1.54, 1.807) is 0 Å². The number of hydrogen-bond donors (Lipinski definition) is 1. The maximum atomic E-state index is 11.3. The van der Waals surface area contributed by atoms with E-state index in [4.69, 9.17) is 0 Å². The Morgan fingerprint density at radius 3 is 3.12 bits per heavy atom. The van der Waals surface area contributed by atoms with Crippen LogP contribution in [0.15, 0.2) is 29.4 Å². The average Bonchev–Trinajstić information content (AvgIpc) is 2.47. The molecule has 1 aromatic rings. The largest absolute Gasteiger partial charge is 0.273 e. The molecule has 2 aliphatic rings. The van der Waals surface area contributed by atoms with Crippen molar-refractivity contribution in [1.82, 2.24) is 5.43 Å². The van der Waals surface area contributed by atoms with Crippen molar-refractivity contribution in [2.75, 3.05) is 0 Å². The third kappa shape index (κ3) is 1.52. The van der Waals surface area contributed by atoms with Gasteiger partial charge < -0.3 is 0 Å². The fraction of sp³-hybridized carbons (Fsp3) is 0.385. The first kappa shape index (κ1) is 9.58. The van der Waals surface area contributed by atoms with Gasteiger partial charge in [0.15, 0.2) is 0 Å². The minimum Gasteiger partial charge on any atom is -0.273 e. The number of rotatable bonds is 0. The zero-order valence-corrected chi connectivity index (χ0v) is 9.07. The van der Waals surface area contributed by atoms with Crippen LogP contribution in [-0.2, 0) is 11.2 Å². The van der Waals surface area contributed by atoms with E-state index < -0.39 is 0 Å². The van der Waals surface area contributed by atoms with Gasteiger partial charge in [-0.05, 0) is 24.8 Å². The zero-order valence-electron chi connectivity index (χ0n) is 9.07. The van der Waals surface area contributed by atoms with E-state index >= 15 is 0 Å². The van der Waals surface area contributed by atoms with Gasteiger partial charge in [0.2, 0.25) is 5.91 Å². The first-order valence-electron chi connectivity index (χ1n) is 5.79. The summed E-state index contributed by atoms with van der Waals surface area (Å²) in [5, 5.41) is 4.25. The number of aryl methyl sites for hydroxylation is 1. The van der Waals surface area contributed by atoms with Crippen LogP contribution < -0.4 is 5.43 Å². The van der Waals surface area contributed by atoms with Gasteiger partial charge in [-0.2, -0.15) is 5.10 Å². The second-order valence-electron chi connectivity index (χ2n) is 4.48. The predicted molar refractivity (Wildman–Crippen MR) is 62.2 cm³/mol. The van der Waals surface area contributed by atoms with Gasteiger partial charge in [0.25, 0.3) is 0 Å². The summed E-state index contributed by atoms with van der Waals surface area (Å²) >= 11 is 0. The first-order valence-corrected chi connectivity index (χ1v) is 5.79. The lowest BCUT2D eigenvalue weighted by atomic mass is 9.90. The van der Waals surface area contributed by atoms with Gasteiger partial charge in [-0.15, -0.1) is 0 Å². The molecule has 0 radical (unpaired) electrons. The normalized spacial score (nSPS) is 23.6. The molecule has 0 saturated heterocycles. The molecule has 1 aliphatic heterocycles. The SMILES string of the molecule is O=C1CC2CCCc3ccccc3C2=NN1. The number of nitrogens with zero attached hydrogens (tertiary/aromatic N) is 1. The molecule has 0 bridgehead atoms. The quantitative estimate of drug-likeness (QED) is 0.703. The molecule has 1 heterocycles. The van der Waals surface area contributed by atoms with E-state index in [1.807, 2.05) is 6.07 Å². The Bertz CT molecular complexity index is 465. The lowest BCUT2D eigenvalue weighted by Crippen LogP contribution is -2.33. The molecule has 0 spiro atoms. The standard InChI is InChI=1S/C13H14N2O/c16-12-8-10-6-3-5-9-4-1-2-7-11(9)13(10)15-14-12/h1-2,4,7,10H,3,5-6,8H2,(H,14,16). The van der Waals surface area contributed by atoms with Crippen LogP contribution in [0.4, 0.5) is 0 Å². The molecular weight excluding hydrogens is 200 g/mol. The van der Waals surface area contributed by atoms with E-state index in [9.17, 15) is 4.79 Å². The monoisotopic (exact) mass is 214 g/mol. The van der Waals surface area contributed by atoms with Crippen LogP contribution in [0.5, 0.6) is 0 Å². The van der Waals surface area contributed by atoms with Crippen molar-refractivity contribution in [3.8, 4) is 0 Å². The van der Waals surface area contributed by atoms with Crippen molar-refractivity contribution in [3.63, 3.8) is 0 Å². The minimum absolute atomic E-state index is 0.0492. The number of carbonyl (C=O) groups is 1. The van der Waals surface area contributed by atoms with Crippen molar-refractivity contribution >= 4 is 11.6 Å². The Labute approximate surface area is 94.6 Å². The molecule has 3 heteroatoms. The summed E-state index contributed by atoms with van der Waals surface area (Å²) in [5.74, 6) is 0.366. The number of hydrogen-bond acceptors (Lipinski definition) is 2. The Morgan fingerprint density at radius 1 is 1.31 bits per heavy atom. The number of fused-ring (bicyclic) bond motifs is 3. The molecule has 3 nitrogen and oxygen atoms in total. The van der Waals surface area contributed by atoms with Crippen LogP contribution in [-0.4, -0.2) is 11.6 Å². The summed E-state index contributed by atoms with van der Waals surface area (Å²) in [5.41, 5.74) is 6.26. The molecule has 1 aliphatic carbocycles. The molecule has 1 aromatic carbocycles. The van der Waals surface area contributed by atoms with Gasteiger partial charge in [-0.25, -0.2) is 5.43 Å². The Morgan fingerprint density at radius 2 is 2.19 bits per heavy atom. The lowest BCUT2D eigenvalue weighted by Gasteiger charge is -2.21. The number of carbonyl (C=O) groups excluding carboxylic acids is 1. The van der Waals surface area contributed by atoms with Gasteiger partial charge >= 0.3 is 0 Å². The molecule has 16 heavy (non-hydrogen) atoms. The highest BCUT2D eigenvalue weighted by molar-refractivity contribution is 6.07. The van der Waals surface area contributed by atoms with Crippen LogP contribution in [0.3, 0.4) is 0 Å². The zero-order chi connectivity index (χ0) is 11.0. The van der Waals surface area contributed by atoms with Crippen molar-refractivity contribution in [2.24, 2.45) is 11.0 Å². The Kier molecular flexibility index (Phi) is 2.24. The highest BCUT2D eigenvalue weighted by Gasteiger charge is 2.28. The molecule has 1 amide bonds. The maximum absolute atomic E-state index is 11.3. The highest BCUT2D eigenvalue weighted by Crippen LogP contribution is 2.28. The number of nitrogens with one attached hydrogen (secondary N) is 1. The smallest absolute Gasteiger partial charge is 0.240 e. The Balaban J connectivity index is 2.09. The summed E-state index contributed by atoms with van der Waals surface area (Å²) in [7, 11) is 0. The van der Waals surface area contributed by atoms with Crippen LogP contribution in [0, 0.1) is 5.92 Å². The molecule has 0 fully saturated rings. The molecule has 3 rings (SSSR count). The van der Waals surface area contributed by atoms with Crippen molar-refractivity contribution in [1.29, 1.82) is 0 Å². The van der Waals surface area contributed by atoms with Crippen LogP contribution in [0.2, 0.25) is 0 Å². The van der Waals surface area contributed by atoms with Crippen molar-refractivity contribution in [2.45, 2.75) is 25.7 Å².